The van der Waals surface area contributed by atoms with Gasteiger partial charge in [-0.1, -0.05) is 24.3 Å². The van der Waals surface area contributed by atoms with Crippen molar-refractivity contribution in [1.82, 2.24) is 0 Å². The van der Waals surface area contributed by atoms with Crippen LogP contribution in [0.2, 0.25) is 0 Å². The van der Waals surface area contributed by atoms with Gasteiger partial charge in [-0.15, -0.1) is 0 Å². The van der Waals surface area contributed by atoms with E-state index in [1.54, 1.807) is 12.1 Å². The third kappa shape index (κ3) is 3.20. The van der Waals surface area contributed by atoms with Crippen molar-refractivity contribution >= 4 is 10.9 Å². The van der Waals surface area contributed by atoms with Gasteiger partial charge in [-0.05, 0) is 48.9 Å². The van der Waals surface area contributed by atoms with E-state index in [4.69, 9.17) is 0 Å². The topological polar surface area (TPSA) is 0 Å². The Labute approximate surface area is 131 Å². The zero-order valence-corrected chi connectivity index (χ0v) is 12.9. The molecule has 0 aliphatic heterocycles. The molecule has 0 saturated heterocycles. The van der Waals surface area contributed by atoms with Crippen molar-refractivity contribution in [3.63, 3.8) is 0 Å². The van der Waals surface area contributed by atoms with Crippen LogP contribution in [0, 0.1) is 18.6 Å². The molecule has 0 spiro atoms. The van der Waals surface area contributed by atoms with Crippen molar-refractivity contribution in [2.75, 3.05) is 0 Å². The van der Waals surface area contributed by atoms with E-state index in [-0.39, 0.29) is 11.6 Å². The third-order valence-corrected chi connectivity index (χ3v) is 5.46. The smallest absolute Gasteiger partial charge is 0.169 e. The summed E-state index contributed by atoms with van der Waals surface area (Å²) in [6.45, 7) is 2.02. The number of halogens is 2. The summed E-state index contributed by atoms with van der Waals surface area (Å²) in [7, 11) is -0.525. The molecule has 0 radical (unpaired) electrons. The van der Waals surface area contributed by atoms with Gasteiger partial charge in [-0.25, -0.2) is 8.78 Å². The highest BCUT2D eigenvalue weighted by Crippen LogP contribution is 2.32. The Morgan fingerprint density at radius 1 is 0.636 bits per heavy atom. The van der Waals surface area contributed by atoms with Crippen molar-refractivity contribution in [3.8, 4) is 0 Å². The molecule has 0 N–H and O–H groups in total. The molecular weight excluding hydrogens is 298 g/mol. The highest BCUT2D eigenvalue weighted by atomic mass is 32.2. The number of hydrogen-bond acceptors (Lipinski definition) is 0. The van der Waals surface area contributed by atoms with E-state index in [0.29, 0.717) is 0 Å². The number of rotatable bonds is 3. The molecule has 0 unspecified atom stereocenters. The Hall–Kier alpha value is -2.13. The average molecular weight is 313 g/mol. The van der Waals surface area contributed by atoms with E-state index < -0.39 is 10.9 Å². The molecule has 0 bridgehead atoms. The van der Waals surface area contributed by atoms with Gasteiger partial charge in [0.15, 0.2) is 14.7 Å². The van der Waals surface area contributed by atoms with Crippen LogP contribution in [0.5, 0.6) is 0 Å². The standard InChI is InChI=1S/C19H15F2S/c1-14-5-2-8-17(11-14)22(18-9-3-6-15(20)12-18)19-10-4-7-16(21)13-19/h2-13H,1H3/q+1. The summed E-state index contributed by atoms with van der Waals surface area (Å²) in [5, 5.41) is 0. The van der Waals surface area contributed by atoms with E-state index in [0.717, 1.165) is 20.2 Å². The van der Waals surface area contributed by atoms with Crippen LogP contribution >= 0.6 is 0 Å². The summed E-state index contributed by atoms with van der Waals surface area (Å²) in [6.07, 6.45) is 0. The summed E-state index contributed by atoms with van der Waals surface area (Å²) < 4.78 is 27.3. The van der Waals surface area contributed by atoms with Crippen LogP contribution in [-0.4, -0.2) is 0 Å². The van der Waals surface area contributed by atoms with E-state index in [2.05, 4.69) is 6.07 Å². The van der Waals surface area contributed by atoms with Gasteiger partial charge in [-0.3, -0.25) is 0 Å². The molecule has 0 atom stereocenters. The van der Waals surface area contributed by atoms with Crippen LogP contribution < -0.4 is 0 Å². The predicted molar refractivity (Wildman–Crippen MR) is 86.1 cm³/mol. The van der Waals surface area contributed by atoms with Crippen molar-refractivity contribution in [3.05, 3.63) is 90.0 Å². The molecule has 3 aromatic carbocycles. The van der Waals surface area contributed by atoms with Gasteiger partial charge in [0.05, 0.1) is 10.9 Å². The Morgan fingerprint density at radius 3 is 1.55 bits per heavy atom. The van der Waals surface area contributed by atoms with E-state index in [1.165, 1.54) is 24.3 Å². The first-order chi connectivity index (χ1) is 10.6. The first kappa shape index (κ1) is 14.8. The monoisotopic (exact) mass is 313 g/mol. The SMILES string of the molecule is Cc1cccc([S+](c2cccc(F)c2)c2cccc(F)c2)c1. The molecule has 3 heteroatoms. The normalized spacial score (nSPS) is 10.9. The Morgan fingerprint density at radius 2 is 1.09 bits per heavy atom. The van der Waals surface area contributed by atoms with Gasteiger partial charge in [0, 0.05) is 12.1 Å². The maximum absolute atomic E-state index is 13.6. The summed E-state index contributed by atoms with van der Waals surface area (Å²) in [5.74, 6) is -0.557. The zero-order valence-electron chi connectivity index (χ0n) is 12.1. The van der Waals surface area contributed by atoms with Gasteiger partial charge in [-0.2, -0.15) is 0 Å². The molecule has 22 heavy (non-hydrogen) atoms. The molecule has 0 amide bonds. The zero-order chi connectivity index (χ0) is 15.5. The van der Waals surface area contributed by atoms with Crippen LogP contribution in [-0.2, 0) is 10.9 Å². The predicted octanol–water partition coefficient (Wildman–Crippen LogP) is 5.37. The maximum atomic E-state index is 13.6. The van der Waals surface area contributed by atoms with Gasteiger partial charge in [0.2, 0.25) is 0 Å². The Kier molecular flexibility index (Phi) is 4.25. The lowest BCUT2D eigenvalue weighted by Gasteiger charge is -2.08. The highest BCUT2D eigenvalue weighted by Gasteiger charge is 2.29. The summed E-state index contributed by atoms with van der Waals surface area (Å²) in [6, 6.07) is 21.1. The Bertz CT molecular complexity index is 691. The maximum Gasteiger partial charge on any atom is 0.169 e. The van der Waals surface area contributed by atoms with E-state index in [9.17, 15) is 8.78 Å². The minimum atomic E-state index is -0.525. The Balaban J connectivity index is 2.18. The molecule has 0 nitrogen and oxygen atoms in total. The molecule has 3 aromatic rings. The number of benzene rings is 3. The van der Waals surface area contributed by atoms with Gasteiger partial charge in [0.25, 0.3) is 0 Å². The summed E-state index contributed by atoms with van der Waals surface area (Å²) >= 11 is 0. The van der Waals surface area contributed by atoms with Crippen molar-refractivity contribution in [2.24, 2.45) is 0 Å². The lowest BCUT2D eigenvalue weighted by Crippen LogP contribution is -2.05. The fourth-order valence-corrected chi connectivity index (χ4v) is 4.56. The number of hydrogen-bond donors (Lipinski definition) is 0. The summed E-state index contributed by atoms with van der Waals surface area (Å²) in [4.78, 5) is 2.74. The fourth-order valence-electron chi connectivity index (χ4n) is 2.34. The van der Waals surface area contributed by atoms with Crippen LogP contribution in [0.4, 0.5) is 8.78 Å². The van der Waals surface area contributed by atoms with Crippen LogP contribution in [0.3, 0.4) is 0 Å². The van der Waals surface area contributed by atoms with Gasteiger partial charge < -0.3 is 0 Å². The van der Waals surface area contributed by atoms with Crippen molar-refractivity contribution in [2.45, 2.75) is 21.6 Å². The van der Waals surface area contributed by atoms with Crippen molar-refractivity contribution < 1.29 is 8.78 Å². The largest absolute Gasteiger partial charge is 0.207 e. The highest BCUT2D eigenvalue weighted by molar-refractivity contribution is 7.97. The first-order valence-electron chi connectivity index (χ1n) is 6.95. The van der Waals surface area contributed by atoms with Crippen molar-refractivity contribution in [1.29, 1.82) is 0 Å². The molecule has 0 aliphatic rings. The van der Waals surface area contributed by atoms with Gasteiger partial charge >= 0.3 is 0 Å². The van der Waals surface area contributed by atoms with Crippen LogP contribution in [0.1, 0.15) is 5.56 Å². The number of aryl methyl sites for hydroxylation is 1. The van der Waals surface area contributed by atoms with E-state index >= 15 is 0 Å². The van der Waals surface area contributed by atoms with Crippen LogP contribution in [0.25, 0.3) is 0 Å². The third-order valence-electron chi connectivity index (χ3n) is 3.29. The summed E-state index contributed by atoms with van der Waals surface area (Å²) in [5.41, 5.74) is 1.13. The second kappa shape index (κ2) is 6.32. The molecule has 0 fully saturated rings. The van der Waals surface area contributed by atoms with Crippen LogP contribution in [0.15, 0.2) is 87.5 Å². The molecule has 0 aliphatic carbocycles. The fraction of sp³-hybridized carbons (Fsp3) is 0.0526. The molecule has 0 heterocycles. The molecule has 0 saturated carbocycles. The molecular formula is C19H15F2S+. The van der Waals surface area contributed by atoms with E-state index in [1.807, 2.05) is 37.3 Å². The van der Waals surface area contributed by atoms with Gasteiger partial charge in [0.1, 0.15) is 11.6 Å². The second-order valence-corrected chi connectivity index (χ2v) is 7.06. The molecule has 3 rings (SSSR count). The quantitative estimate of drug-likeness (QED) is 0.570. The minimum Gasteiger partial charge on any atom is -0.207 e. The second-order valence-electron chi connectivity index (χ2n) is 5.04. The first-order valence-corrected chi connectivity index (χ1v) is 8.18. The molecule has 110 valence electrons. The lowest BCUT2D eigenvalue weighted by atomic mass is 10.2. The lowest BCUT2D eigenvalue weighted by molar-refractivity contribution is 0.623. The average Bonchev–Trinajstić information content (AvgIpc) is 2.48. The molecule has 0 aromatic heterocycles. The minimum absolute atomic E-state index is 0.279.